The first kappa shape index (κ1) is 22.4. The molecule has 3 aromatic rings. The molecule has 8 nitrogen and oxygen atoms in total. The Balaban J connectivity index is 1.66. The molecule has 1 aliphatic heterocycles. The summed E-state index contributed by atoms with van der Waals surface area (Å²) in [5.41, 5.74) is 4.02. The molecule has 0 saturated carbocycles. The molecule has 1 amide bonds. The van der Waals surface area contributed by atoms with Gasteiger partial charge in [0.05, 0.1) is 23.9 Å². The molecular formula is C25H26N4O4. The Labute approximate surface area is 191 Å². The number of methoxy groups -OCH3 is 1. The molecule has 0 saturated heterocycles. The zero-order valence-corrected chi connectivity index (χ0v) is 18.9. The number of aryl methyl sites for hydroxylation is 1. The SMILES string of the molecule is COC(=O)c1ccc(NC(=O)Cn2c(-c3ccc(C)cc3)nc3c(c2=O)CN(C)CC3)cc1. The number of esters is 1. The third-order valence-electron chi connectivity index (χ3n) is 5.71. The van der Waals surface area contributed by atoms with Crippen LogP contribution < -0.4 is 10.9 Å². The lowest BCUT2D eigenvalue weighted by Crippen LogP contribution is -2.38. The van der Waals surface area contributed by atoms with Crippen LogP contribution in [0.3, 0.4) is 0 Å². The highest BCUT2D eigenvalue weighted by atomic mass is 16.5. The van der Waals surface area contributed by atoms with Crippen molar-refractivity contribution in [2.45, 2.75) is 26.4 Å². The van der Waals surface area contributed by atoms with E-state index in [0.717, 1.165) is 23.4 Å². The number of amides is 1. The van der Waals surface area contributed by atoms with Crippen molar-refractivity contribution in [3.05, 3.63) is 81.3 Å². The molecule has 0 aliphatic carbocycles. The molecule has 0 radical (unpaired) electrons. The first-order chi connectivity index (χ1) is 15.9. The van der Waals surface area contributed by atoms with Gasteiger partial charge in [-0.15, -0.1) is 0 Å². The molecule has 0 fully saturated rings. The molecule has 33 heavy (non-hydrogen) atoms. The summed E-state index contributed by atoms with van der Waals surface area (Å²) in [7, 11) is 3.27. The second-order valence-electron chi connectivity index (χ2n) is 8.22. The molecule has 8 heteroatoms. The predicted octanol–water partition coefficient (Wildman–Crippen LogP) is 2.63. The van der Waals surface area contributed by atoms with Gasteiger partial charge in [0.15, 0.2) is 0 Å². The van der Waals surface area contributed by atoms with Crippen molar-refractivity contribution in [2.75, 3.05) is 26.0 Å². The van der Waals surface area contributed by atoms with Gasteiger partial charge in [-0.25, -0.2) is 9.78 Å². The van der Waals surface area contributed by atoms with Crippen molar-refractivity contribution >= 4 is 17.6 Å². The summed E-state index contributed by atoms with van der Waals surface area (Å²) in [6, 6.07) is 14.1. The van der Waals surface area contributed by atoms with Crippen LogP contribution in [-0.2, 0) is 29.0 Å². The number of ether oxygens (including phenoxy) is 1. The van der Waals surface area contributed by atoms with Gasteiger partial charge in [0.2, 0.25) is 5.91 Å². The summed E-state index contributed by atoms with van der Waals surface area (Å²) in [5.74, 6) is -0.325. The molecule has 0 atom stereocenters. The van der Waals surface area contributed by atoms with E-state index in [4.69, 9.17) is 9.72 Å². The molecule has 1 aromatic heterocycles. The highest BCUT2D eigenvalue weighted by Gasteiger charge is 2.23. The first-order valence-corrected chi connectivity index (χ1v) is 10.7. The number of rotatable bonds is 5. The molecular weight excluding hydrogens is 420 g/mol. The van der Waals surface area contributed by atoms with E-state index in [2.05, 4.69) is 10.2 Å². The number of hydrogen-bond donors (Lipinski definition) is 1. The monoisotopic (exact) mass is 446 g/mol. The smallest absolute Gasteiger partial charge is 0.337 e. The number of likely N-dealkylation sites (N-methyl/N-ethyl adjacent to an activating group) is 1. The van der Waals surface area contributed by atoms with Crippen LogP contribution >= 0.6 is 0 Å². The Bertz CT molecular complexity index is 1250. The molecule has 0 spiro atoms. The van der Waals surface area contributed by atoms with Crippen LogP contribution in [0, 0.1) is 6.92 Å². The molecule has 2 heterocycles. The van der Waals surface area contributed by atoms with Gasteiger partial charge in [0.25, 0.3) is 5.56 Å². The Morgan fingerprint density at radius 1 is 1.09 bits per heavy atom. The maximum Gasteiger partial charge on any atom is 0.337 e. The van der Waals surface area contributed by atoms with Crippen LogP contribution in [0.25, 0.3) is 11.4 Å². The predicted molar refractivity (Wildman–Crippen MR) is 125 cm³/mol. The molecule has 170 valence electrons. The maximum absolute atomic E-state index is 13.4. The summed E-state index contributed by atoms with van der Waals surface area (Å²) < 4.78 is 6.14. The lowest BCUT2D eigenvalue weighted by Gasteiger charge is -2.25. The number of hydrogen-bond acceptors (Lipinski definition) is 6. The Hall–Kier alpha value is -3.78. The third-order valence-corrected chi connectivity index (χ3v) is 5.71. The summed E-state index contributed by atoms with van der Waals surface area (Å²) in [5, 5.41) is 2.79. The topological polar surface area (TPSA) is 93.5 Å². The Kier molecular flexibility index (Phi) is 6.37. The van der Waals surface area contributed by atoms with Gasteiger partial charge < -0.3 is 15.0 Å². The zero-order chi connectivity index (χ0) is 23.5. The lowest BCUT2D eigenvalue weighted by atomic mass is 10.1. The van der Waals surface area contributed by atoms with Gasteiger partial charge in [0, 0.05) is 30.8 Å². The minimum Gasteiger partial charge on any atom is -0.465 e. The van der Waals surface area contributed by atoms with Crippen LogP contribution in [0.15, 0.2) is 53.3 Å². The quantitative estimate of drug-likeness (QED) is 0.606. The number of nitrogens with one attached hydrogen (secondary N) is 1. The number of benzene rings is 2. The van der Waals surface area contributed by atoms with Crippen LogP contribution in [-0.4, -0.2) is 47.0 Å². The second-order valence-corrected chi connectivity index (χ2v) is 8.22. The number of aromatic nitrogens is 2. The van der Waals surface area contributed by atoms with Crippen LogP contribution in [0.1, 0.15) is 27.2 Å². The fourth-order valence-electron chi connectivity index (χ4n) is 3.87. The van der Waals surface area contributed by atoms with Gasteiger partial charge in [-0.2, -0.15) is 0 Å². The van der Waals surface area contributed by atoms with Gasteiger partial charge in [0.1, 0.15) is 12.4 Å². The highest BCUT2D eigenvalue weighted by Crippen LogP contribution is 2.21. The molecule has 1 aliphatic rings. The average Bonchev–Trinajstić information content (AvgIpc) is 2.81. The van der Waals surface area contributed by atoms with Crippen molar-refractivity contribution in [2.24, 2.45) is 0 Å². The van der Waals surface area contributed by atoms with E-state index < -0.39 is 5.97 Å². The Morgan fingerprint density at radius 3 is 2.45 bits per heavy atom. The fourth-order valence-corrected chi connectivity index (χ4v) is 3.87. The van der Waals surface area contributed by atoms with E-state index in [1.807, 2.05) is 38.2 Å². The number of fused-ring (bicyclic) bond motifs is 1. The van der Waals surface area contributed by atoms with Gasteiger partial charge in [-0.05, 0) is 38.2 Å². The summed E-state index contributed by atoms with van der Waals surface area (Å²) in [4.78, 5) is 44.8. The number of nitrogens with zero attached hydrogens (tertiary/aromatic N) is 3. The normalized spacial score (nSPS) is 13.3. The number of carbonyl (C=O) groups excluding carboxylic acids is 2. The minimum atomic E-state index is -0.452. The maximum atomic E-state index is 13.4. The van der Waals surface area contributed by atoms with E-state index in [1.165, 1.54) is 11.7 Å². The van der Waals surface area contributed by atoms with E-state index >= 15 is 0 Å². The zero-order valence-electron chi connectivity index (χ0n) is 18.9. The van der Waals surface area contributed by atoms with Crippen molar-refractivity contribution in [1.29, 1.82) is 0 Å². The van der Waals surface area contributed by atoms with Crippen molar-refractivity contribution in [3.8, 4) is 11.4 Å². The summed E-state index contributed by atoms with van der Waals surface area (Å²) in [6.45, 7) is 3.15. The molecule has 4 rings (SSSR count). The standard InChI is InChI=1S/C25H26N4O4/c1-16-4-6-17(7-5-16)23-27-21-12-13-28(2)14-20(21)24(31)29(23)15-22(30)26-19-10-8-18(9-11-19)25(32)33-3/h4-11H,12-15H2,1-3H3,(H,26,30). The van der Waals surface area contributed by atoms with E-state index in [0.29, 0.717) is 35.6 Å². The highest BCUT2D eigenvalue weighted by molar-refractivity contribution is 5.93. The summed E-state index contributed by atoms with van der Waals surface area (Å²) >= 11 is 0. The lowest BCUT2D eigenvalue weighted by molar-refractivity contribution is -0.116. The molecule has 0 bridgehead atoms. The van der Waals surface area contributed by atoms with Gasteiger partial charge in [-0.1, -0.05) is 29.8 Å². The minimum absolute atomic E-state index is 0.176. The molecule has 1 N–H and O–H groups in total. The van der Waals surface area contributed by atoms with Crippen molar-refractivity contribution in [3.63, 3.8) is 0 Å². The van der Waals surface area contributed by atoms with E-state index in [1.54, 1.807) is 24.3 Å². The fraction of sp³-hybridized carbons (Fsp3) is 0.280. The van der Waals surface area contributed by atoms with Crippen molar-refractivity contribution < 1.29 is 14.3 Å². The number of carbonyl (C=O) groups is 2. The van der Waals surface area contributed by atoms with Crippen LogP contribution in [0.5, 0.6) is 0 Å². The number of anilines is 1. The van der Waals surface area contributed by atoms with Crippen LogP contribution in [0.4, 0.5) is 5.69 Å². The molecule has 2 aromatic carbocycles. The van der Waals surface area contributed by atoms with Crippen molar-refractivity contribution in [1.82, 2.24) is 14.5 Å². The van der Waals surface area contributed by atoms with Gasteiger partial charge >= 0.3 is 5.97 Å². The molecule has 0 unspecified atom stereocenters. The average molecular weight is 447 g/mol. The third kappa shape index (κ3) is 4.85. The van der Waals surface area contributed by atoms with Gasteiger partial charge in [-0.3, -0.25) is 14.2 Å². The van der Waals surface area contributed by atoms with Crippen LogP contribution in [0.2, 0.25) is 0 Å². The van der Waals surface area contributed by atoms with E-state index in [-0.39, 0.29) is 18.0 Å². The first-order valence-electron chi connectivity index (χ1n) is 10.7. The second kappa shape index (κ2) is 9.38. The summed E-state index contributed by atoms with van der Waals surface area (Å²) in [6.07, 6.45) is 0.694. The Morgan fingerprint density at radius 2 is 1.79 bits per heavy atom. The largest absolute Gasteiger partial charge is 0.465 e. The van der Waals surface area contributed by atoms with E-state index in [9.17, 15) is 14.4 Å².